The van der Waals surface area contributed by atoms with Gasteiger partial charge in [0.15, 0.2) is 0 Å². The zero-order chi connectivity index (χ0) is 10.8. The van der Waals surface area contributed by atoms with Crippen LogP contribution in [0, 0.1) is 0 Å². The Morgan fingerprint density at radius 1 is 1.47 bits per heavy atom. The van der Waals surface area contributed by atoms with Gasteiger partial charge < -0.3 is 0 Å². The third-order valence-corrected chi connectivity index (χ3v) is 2.28. The lowest BCUT2D eigenvalue weighted by atomic mass is 10.2. The van der Waals surface area contributed by atoms with Gasteiger partial charge in [0.25, 0.3) is 0 Å². The number of rotatable bonds is 2. The quantitative estimate of drug-likeness (QED) is 0.726. The van der Waals surface area contributed by atoms with Crippen LogP contribution in [-0.2, 0) is 7.05 Å². The van der Waals surface area contributed by atoms with Crippen LogP contribution in [0.1, 0.15) is 16.2 Å². The molecule has 0 aliphatic heterocycles. The maximum atomic E-state index is 11.9. The molecule has 76 valence electrons. The van der Waals surface area contributed by atoms with Gasteiger partial charge in [-0.05, 0) is 12.1 Å². The van der Waals surface area contributed by atoms with Gasteiger partial charge in [0, 0.05) is 13.2 Å². The van der Waals surface area contributed by atoms with Crippen LogP contribution < -0.4 is 0 Å². The molecule has 0 amide bonds. The number of hydrogen-bond acceptors (Lipinski definition) is 3. The molecule has 0 aromatic carbocycles. The fourth-order valence-corrected chi connectivity index (χ4v) is 1.54. The van der Waals surface area contributed by atoms with E-state index in [9.17, 15) is 4.79 Å². The second-order valence-corrected chi connectivity index (χ2v) is 3.42. The van der Waals surface area contributed by atoms with Crippen LogP contribution in [0.25, 0.3) is 0 Å². The van der Waals surface area contributed by atoms with Crippen LogP contribution in [0.2, 0.25) is 5.02 Å². The molecule has 0 saturated heterocycles. The molecule has 4 nitrogen and oxygen atoms in total. The third kappa shape index (κ3) is 1.76. The molecule has 2 rings (SSSR count). The molecule has 2 aromatic rings. The zero-order valence-corrected chi connectivity index (χ0v) is 8.77. The van der Waals surface area contributed by atoms with Crippen molar-refractivity contribution in [3.05, 3.63) is 47.0 Å². The normalized spacial score (nSPS) is 10.3. The summed E-state index contributed by atoms with van der Waals surface area (Å²) in [5, 5.41) is 4.24. The number of aryl methyl sites for hydroxylation is 1. The van der Waals surface area contributed by atoms with Crippen molar-refractivity contribution in [3.8, 4) is 0 Å². The summed E-state index contributed by atoms with van der Waals surface area (Å²) in [6.45, 7) is 0. The lowest BCUT2D eigenvalue weighted by Gasteiger charge is -2.00. The zero-order valence-electron chi connectivity index (χ0n) is 8.01. The molecule has 0 radical (unpaired) electrons. The highest BCUT2D eigenvalue weighted by Crippen LogP contribution is 2.17. The number of carbonyl (C=O) groups excluding carboxylic acids is 1. The van der Waals surface area contributed by atoms with Crippen molar-refractivity contribution >= 4 is 17.4 Å². The highest BCUT2D eigenvalue weighted by atomic mass is 35.5. The van der Waals surface area contributed by atoms with E-state index in [1.54, 1.807) is 31.4 Å². The summed E-state index contributed by atoms with van der Waals surface area (Å²) < 4.78 is 1.44. The van der Waals surface area contributed by atoms with E-state index in [0.717, 1.165) is 0 Å². The van der Waals surface area contributed by atoms with Gasteiger partial charge in [0.05, 0.1) is 11.2 Å². The van der Waals surface area contributed by atoms with Gasteiger partial charge in [0.1, 0.15) is 11.4 Å². The van der Waals surface area contributed by atoms with Crippen LogP contribution in [-0.4, -0.2) is 20.5 Å². The van der Waals surface area contributed by atoms with Gasteiger partial charge in [-0.15, -0.1) is 0 Å². The van der Waals surface area contributed by atoms with Crippen LogP contribution in [0.4, 0.5) is 0 Å². The maximum Gasteiger partial charge on any atom is 0.230 e. The fourth-order valence-electron chi connectivity index (χ4n) is 1.28. The smallest absolute Gasteiger partial charge is 0.230 e. The molecule has 2 heterocycles. The second-order valence-electron chi connectivity index (χ2n) is 3.01. The summed E-state index contributed by atoms with van der Waals surface area (Å²) in [6, 6.07) is 5.15. The molecule has 2 aromatic heterocycles. The molecule has 0 fully saturated rings. The first-order valence-electron chi connectivity index (χ1n) is 4.33. The lowest BCUT2D eigenvalue weighted by molar-refractivity contribution is 0.102. The van der Waals surface area contributed by atoms with Crippen molar-refractivity contribution in [2.45, 2.75) is 0 Å². The van der Waals surface area contributed by atoms with E-state index in [1.165, 1.54) is 10.9 Å². The third-order valence-electron chi connectivity index (χ3n) is 2.01. The van der Waals surface area contributed by atoms with Crippen molar-refractivity contribution in [3.63, 3.8) is 0 Å². The molecule has 0 bridgehead atoms. The van der Waals surface area contributed by atoms with Crippen molar-refractivity contribution in [2.75, 3.05) is 0 Å². The van der Waals surface area contributed by atoms with E-state index in [1.807, 2.05) is 0 Å². The average molecular weight is 222 g/mol. The number of halogens is 1. The number of hydrogen-bond donors (Lipinski definition) is 0. The van der Waals surface area contributed by atoms with E-state index in [2.05, 4.69) is 10.1 Å². The van der Waals surface area contributed by atoms with E-state index in [-0.39, 0.29) is 5.78 Å². The van der Waals surface area contributed by atoms with Gasteiger partial charge >= 0.3 is 0 Å². The molecule has 0 N–H and O–H groups in total. The number of ketones is 1. The van der Waals surface area contributed by atoms with Crippen LogP contribution in [0.15, 0.2) is 30.6 Å². The summed E-state index contributed by atoms with van der Waals surface area (Å²) in [5.41, 5.74) is 0.721. The monoisotopic (exact) mass is 221 g/mol. The molecular formula is C10H8ClN3O. The minimum absolute atomic E-state index is 0.222. The first-order valence-corrected chi connectivity index (χ1v) is 4.71. The van der Waals surface area contributed by atoms with Crippen LogP contribution in [0.3, 0.4) is 0 Å². The standard InChI is InChI=1S/C10H8ClN3O/c1-14-9(7(11)6-13-14)10(15)8-4-2-3-5-12-8/h2-6H,1H3. The molecule has 0 spiro atoms. The molecule has 0 saturated carbocycles. The van der Waals surface area contributed by atoms with Gasteiger partial charge in [-0.2, -0.15) is 5.10 Å². The fraction of sp³-hybridized carbons (Fsp3) is 0.100. The Bertz CT molecular complexity index is 473. The van der Waals surface area contributed by atoms with E-state index < -0.39 is 0 Å². The largest absolute Gasteiger partial charge is 0.285 e. The predicted molar refractivity (Wildman–Crippen MR) is 55.9 cm³/mol. The summed E-state index contributed by atoms with van der Waals surface area (Å²) in [4.78, 5) is 15.9. The number of nitrogens with zero attached hydrogens (tertiary/aromatic N) is 3. The number of aromatic nitrogens is 3. The number of pyridine rings is 1. The minimum Gasteiger partial charge on any atom is -0.285 e. The van der Waals surface area contributed by atoms with Crippen LogP contribution >= 0.6 is 11.6 Å². The van der Waals surface area contributed by atoms with E-state index in [0.29, 0.717) is 16.4 Å². The molecule has 5 heteroatoms. The Labute approximate surface area is 91.5 Å². The lowest BCUT2D eigenvalue weighted by Crippen LogP contribution is -2.10. The van der Waals surface area contributed by atoms with Gasteiger partial charge in [0.2, 0.25) is 5.78 Å². The first-order chi connectivity index (χ1) is 7.20. The van der Waals surface area contributed by atoms with Gasteiger partial charge in [-0.25, -0.2) is 0 Å². The van der Waals surface area contributed by atoms with Crippen molar-refractivity contribution in [2.24, 2.45) is 7.05 Å². The van der Waals surface area contributed by atoms with Crippen molar-refractivity contribution < 1.29 is 4.79 Å². The van der Waals surface area contributed by atoms with Crippen molar-refractivity contribution in [1.29, 1.82) is 0 Å². The molecule has 0 aliphatic carbocycles. The Morgan fingerprint density at radius 2 is 2.27 bits per heavy atom. The van der Waals surface area contributed by atoms with Gasteiger partial charge in [-0.1, -0.05) is 17.7 Å². The summed E-state index contributed by atoms with van der Waals surface area (Å²) in [7, 11) is 1.67. The highest BCUT2D eigenvalue weighted by molar-refractivity contribution is 6.34. The summed E-state index contributed by atoms with van der Waals surface area (Å²) in [5.74, 6) is -0.222. The topological polar surface area (TPSA) is 47.8 Å². The highest BCUT2D eigenvalue weighted by Gasteiger charge is 2.17. The van der Waals surface area contributed by atoms with Crippen molar-refractivity contribution in [1.82, 2.24) is 14.8 Å². The van der Waals surface area contributed by atoms with E-state index in [4.69, 9.17) is 11.6 Å². The molecule has 0 aliphatic rings. The Balaban J connectivity index is 2.46. The molecule has 15 heavy (non-hydrogen) atoms. The number of carbonyl (C=O) groups is 1. The Kier molecular flexibility index (Phi) is 2.51. The van der Waals surface area contributed by atoms with Gasteiger partial charge in [-0.3, -0.25) is 14.5 Å². The van der Waals surface area contributed by atoms with E-state index >= 15 is 0 Å². The molecule has 0 unspecified atom stereocenters. The molecule has 0 atom stereocenters. The molecular weight excluding hydrogens is 214 g/mol. The average Bonchev–Trinajstić information content (AvgIpc) is 2.59. The second kappa shape index (κ2) is 3.82. The predicted octanol–water partition coefficient (Wildman–Crippen LogP) is 1.70. The Hall–Kier alpha value is -1.68. The SMILES string of the molecule is Cn1ncc(Cl)c1C(=O)c1ccccn1. The van der Waals surface area contributed by atoms with Crippen LogP contribution in [0.5, 0.6) is 0 Å². The summed E-state index contributed by atoms with van der Waals surface area (Å²) in [6.07, 6.45) is 3.01. The summed E-state index contributed by atoms with van der Waals surface area (Å²) >= 11 is 5.86. The Morgan fingerprint density at radius 3 is 2.80 bits per heavy atom. The first kappa shape index (κ1) is 9.86. The maximum absolute atomic E-state index is 11.9. The minimum atomic E-state index is -0.222.